The first kappa shape index (κ1) is 16.4. The van der Waals surface area contributed by atoms with Gasteiger partial charge in [-0.05, 0) is 32.4 Å². The minimum atomic E-state index is -0.952. The molecule has 0 spiro atoms. The van der Waals surface area contributed by atoms with E-state index in [9.17, 15) is 9.90 Å². The Bertz CT molecular complexity index is 670. The minimum absolute atomic E-state index is 0.249. The molecule has 2 heterocycles. The molecule has 0 saturated carbocycles. The summed E-state index contributed by atoms with van der Waals surface area (Å²) in [5.41, 5.74) is 3.93. The van der Waals surface area contributed by atoms with Crippen molar-refractivity contribution in [2.24, 2.45) is 0 Å². The molecule has 0 atom stereocenters. The fraction of sp³-hybridized carbons (Fsp3) is 0.400. The van der Waals surface area contributed by atoms with E-state index in [2.05, 4.69) is 20.3 Å². The van der Waals surface area contributed by atoms with E-state index in [1.165, 1.54) is 0 Å². The predicted octanol–water partition coefficient (Wildman–Crippen LogP) is 2.77. The van der Waals surface area contributed by atoms with Crippen LogP contribution in [0.15, 0.2) is 12.4 Å². The first-order chi connectivity index (χ1) is 10.5. The minimum Gasteiger partial charge on any atom is -0.478 e. The Morgan fingerprint density at radius 3 is 2.82 bits per heavy atom. The van der Waals surface area contributed by atoms with Gasteiger partial charge in [-0.2, -0.15) is 11.8 Å². The lowest BCUT2D eigenvalue weighted by Crippen LogP contribution is -2.13. The second-order valence-electron chi connectivity index (χ2n) is 5.06. The average Bonchev–Trinajstić information content (AvgIpc) is 2.82. The van der Waals surface area contributed by atoms with Crippen LogP contribution in [-0.4, -0.2) is 38.3 Å². The van der Waals surface area contributed by atoms with Gasteiger partial charge in [-0.3, -0.25) is 0 Å². The molecule has 0 fully saturated rings. The molecule has 2 aromatic heterocycles. The molecular weight excluding hydrogens is 300 g/mol. The molecule has 22 heavy (non-hydrogen) atoms. The molecule has 0 aliphatic rings. The van der Waals surface area contributed by atoms with Gasteiger partial charge in [0.05, 0.1) is 12.0 Å². The largest absolute Gasteiger partial charge is 0.478 e. The van der Waals surface area contributed by atoms with Crippen LogP contribution in [0.4, 0.5) is 5.82 Å². The highest BCUT2D eigenvalue weighted by atomic mass is 32.2. The van der Waals surface area contributed by atoms with E-state index in [1.807, 2.05) is 13.8 Å². The van der Waals surface area contributed by atoms with Gasteiger partial charge in [0.2, 0.25) is 0 Å². The van der Waals surface area contributed by atoms with Crippen LogP contribution in [-0.2, 0) is 5.75 Å². The number of anilines is 1. The monoisotopic (exact) mass is 320 g/mol. The van der Waals surface area contributed by atoms with Crippen LogP contribution in [0, 0.1) is 20.8 Å². The van der Waals surface area contributed by atoms with E-state index in [1.54, 1.807) is 31.1 Å². The van der Waals surface area contributed by atoms with Gasteiger partial charge >= 0.3 is 5.97 Å². The van der Waals surface area contributed by atoms with Gasteiger partial charge < -0.3 is 15.4 Å². The molecule has 0 unspecified atom stereocenters. The molecule has 0 aromatic carbocycles. The van der Waals surface area contributed by atoms with Crippen molar-refractivity contribution in [1.29, 1.82) is 0 Å². The summed E-state index contributed by atoms with van der Waals surface area (Å²) in [6.45, 7) is 6.31. The lowest BCUT2D eigenvalue weighted by atomic mass is 10.1. The number of nitrogens with one attached hydrogen (secondary N) is 2. The number of carboxylic acids is 1. The summed E-state index contributed by atoms with van der Waals surface area (Å²) in [6, 6.07) is 1.78. The van der Waals surface area contributed by atoms with E-state index >= 15 is 0 Å². The Morgan fingerprint density at radius 1 is 1.41 bits per heavy atom. The second-order valence-corrected chi connectivity index (χ2v) is 6.17. The van der Waals surface area contributed by atoms with E-state index < -0.39 is 5.97 Å². The maximum Gasteiger partial charge on any atom is 0.339 e. The van der Waals surface area contributed by atoms with Crippen molar-refractivity contribution in [3.05, 3.63) is 40.6 Å². The van der Waals surface area contributed by atoms with E-state index in [0.717, 1.165) is 34.2 Å². The SMILES string of the molecule is Cc1cc(C)c(C(=O)O)c(NCCSCc2nc[nH]c2C)n1. The molecule has 0 amide bonds. The zero-order valence-corrected chi connectivity index (χ0v) is 13.8. The molecule has 0 saturated heterocycles. The van der Waals surface area contributed by atoms with Crippen molar-refractivity contribution in [3.63, 3.8) is 0 Å². The van der Waals surface area contributed by atoms with Crippen LogP contribution < -0.4 is 5.32 Å². The number of aromatic nitrogens is 3. The van der Waals surface area contributed by atoms with Crippen molar-refractivity contribution >= 4 is 23.5 Å². The number of hydrogen-bond acceptors (Lipinski definition) is 5. The second kappa shape index (κ2) is 7.31. The summed E-state index contributed by atoms with van der Waals surface area (Å²) < 4.78 is 0. The lowest BCUT2D eigenvalue weighted by Gasteiger charge is -2.11. The van der Waals surface area contributed by atoms with Gasteiger partial charge in [-0.1, -0.05) is 0 Å². The molecule has 6 nitrogen and oxygen atoms in total. The third-order valence-electron chi connectivity index (χ3n) is 3.27. The third-order valence-corrected chi connectivity index (χ3v) is 4.24. The molecule has 118 valence electrons. The molecule has 2 aromatic rings. The topological polar surface area (TPSA) is 90.9 Å². The fourth-order valence-corrected chi connectivity index (χ4v) is 3.05. The number of thioether (sulfide) groups is 1. The lowest BCUT2D eigenvalue weighted by molar-refractivity contribution is 0.0697. The highest BCUT2D eigenvalue weighted by molar-refractivity contribution is 7.98. The number of aromatic amines is 1. The number of H-pyrrole nitrogens is 1. The smallest absolute Gasteiger partial charge is 0.339 e. The summed E-state index contributed by atoms with van der Waals surface area (Å²) >= 11 is 1.75. The summed E-state index contributed by atoms with van der Waals surface area (Å²) in [6.07, 6.45) is 1.70. The molecule has 2 rings (SSSR count). The van der Waals surface area contributed by atoms with E-state index in [4.69, 9.17) is 0 Å². The number of pyridine rings is 1. The molecular formula is C15H20N4O2S. The van der Waals surface area contributed by atoms with Crippen LogP contribution in [0.2, 0.25) is 0 Å². The Kier molecular flexibility index (Phi) is 5.43. The van der Waals surface area contributed by atoms with Crippen LogP contribution in [0.25, 0.3) is 0 Å². The van der Waals surface area contributed by atoms with Crippen LogP contribution in [0.5, 0.6) is 0 Å². The Balaban J connectivity index is 1.89. The number of carboxylic acid groups (broad SMARTS) is 1. The number of rotatable bonds is 7. The van der Waals surface area contributed by atoms with Crippen molar-refractivity contribution in [3.8, 4) is 0 Å². The highest BCUT2D eigenvalue weighted by Crippen LogP contribution is 2.19. The van der Waals surface area contributed by atoms with Crippen molar-refractivity contribution in [2.75, 3.05) is 17.6 Å². The predicted molar refractivity (Wildman–Crippen MR) is 88.6 cm³/mol. The zero-order valence-electron chi connectivity index (χ0n) is 12.9. The van der Waals surface area contributed by atoms with Gasteiger partial charge in [0.1, 0.15) is 11.4 Å². The number of imidazole rings is 1. The first-order valence-corrected chi connectivity index (χ1v) is 8.16. The zero-order chi connectivity index (χ0) is 16.1. The standard InChI is InChI=1S/C15H20N4O2S/c1-9-6-10(2)19-14(13(9)15(20)21)16-4-5-22-7-12-11(3)17-8-18-12/h6,8H,4-5,7H2,1-3H3,(H,16,19)(H,17,18)(H,20,21). The summed E-state index contributed by atoms with van der Waals surface area (Å²) in [5.74, 6) is 1.18. The van der Waals surface area contributed by atoms with Gasteiger partial charge in [0, 0.05) is 29.4 Å². The number of carbonyl (C=O) groups is 1. The summed E-state index contributed by atoms with van der Waals surface area (Å²) in [4.78, 5) is 22.9. The number of aryl methyl sites for hydroxylation is 3. The van der Waals surface area contributed by atoms with Gasteiger partial charge in [0.15, 0.2) is 0 Å². The Hall–Kier alpha value is -2.02. The number of hydrogen-bond donors (Lipinski definition) is 3. The quantitative estimate of drug-likeness (QED) is 0.680. The van der Waals surface area contributed by atoms with E-state index in [0.29, 0.717) is 12.4 Å². The van der Waals surface area contributed by atoms with Crippen LogP contribution >= 0.6 is 11.8 Å². The molecule has 0 bridgehead atoms. The van der Waals surface area contributed by atoms with Gasteiger partial charge in [0.25, 0.3) is 0 Å². The number of nitrogens with zero attached hydrogens (tertiary/aromatic N) is 2. The van der Waals surface area contributed by atoms with Crippen LogP contribution in [0.1, 0.15) is 33.0 Å². The maximum absolute atomic E-state index is 11.3. The molecule has 7 heteroatoms. The molecule has 0 aliphatic carbocycles. The Labute approximate surface area is 133 Å². The van der Waals surface area contributed by atoms with Crippen molar-refractivity contribution < 1.29 is 9.90 Å². The first-order valence-electron chi connectivity index (χ1n) is 7.01. The van der Waals surface area contributed by atoms with Crippen molar-refractivity contribution in [1.82, 2.24) is 15.0 Å². The van der Waals surface area contributed by atoms with Crippen LogP contribution in [0.3, 0.4) is 0 Å². The van der Waals surface area contributed by atoms with Gasteiger partial charge in [-0.25, -0.2) is 14.8 Å². The maximum atomic E-state index is 11.3. The van der Waals surface area contributed by atoms with E-state index in [-0.39, 0.29) is 5.56 Å². The summed E-state index contributed by atoms with van der Waals surface area (Å²) in [5, 5.41) is 12.4. The average molecular weight is 320 g/mol. The molecule has 3 N–H and O–H groups in total. The van der Waals surface area contributed by atoms with Gasteiger partial charge in [-0.15, -0.1) is 0 Å². The highest BCUT2D eigenvalue weighted by Gasteiger charge is 2.15. The molecule has 0 radical (unpaired) electrons. The summed E-state index contributed by atoms with van der Waals surface area (Å²) in [7, 11) is 0. The normalized spacial score (nSPS) is 10.7. The fourth-order valence-electron chi connectivity index (χ4n) is 2.18. The Morgan fingerprint density at radius 2 is 2.18 bits per heavy atom. The molecule has 0 aliphatic heterocycles. The number of aromatic carboxylic acids is 1. The third kappa shape index (κ3) is 4.00. The van der Waals surface area contributed by atoms with Crippen molar-refractivity contribution in [2.45, 2.75) is 26.5 Å².